The van der Waals surface area contributed by atoms with Crippen molar-refractivity contribution in [2.45, 2.75) is 33.1 Å². The molecular formula is C35H37FN8O. The second kappa shape index (κ2) is 12.6. The minimum Gasteiger partial charge on any atom is -0.492 e. The van der Waals surface area contributed by atoms with E-state index in [4.69, 9.17) is 9.72 Å². The monoisotopic (exact) mass is 604 g/mol. The van der Waals surface area contributed by atoms with Gasteiger partial charge in [-0.15, -0.1) is 0 Å². The lowest BCUT2D eigenvalue weighted by molar-refractivity contribution is 0.237. The molecule has 0 bridgehead atoms. The lowest BCUT2D eigenvalue weighted by atomic mass is 10.0. The van der Waals surface area contributed by atoms with Crippen molar-refractivity contribution in [1.82, 2.24) is 35.0 Å². The van der Waals surface area contributed by atoms with Crippen LogP contribution in [0.25, 0.3) is 55.8 Å². The van der Waals surface area contributed by atoms with Gasteiger partial charge >= 0.3 is 0 Å². The number of hydrogen-bond acceptors (Lipinski definition) is 7. The van der Waals surface area contributed by atoms with Gasteiger partial charge in [0.25, 0.3) is 0 Å². The quantitative estimate of drug-likeness (QED) is 0.142. The number of nitrogens with zero attached hydrogens (tertiary/aromatic N) is 5. The van der Waals surface area contributed by atoms with Crippen molar-refractivity contribution in [3.8, 4) is 39.7 Å². The van der Waals surface area contributed by atoms with Gasteiger partial charge in [-0.25, -0.2) is 9.37 Å². The van der Waals surface area contributed by atoms with Crippen LogP contribution in [0, 0.1) is 11.7 Å². The van der Waals surface area contributed by atoms with Crippen LogP contribution in [0.5, 0.6) is 5.75 Å². The number of aromatic nitrogens is 6. The molecule has 2 aromatic carbocycles. The lowest BCUT2D eigenvalue weighted by Crippen LogP contribution is -2.25. The number of ether oxygens (including phenoxy) is 1. The van der Waals surface area contributed by atoms with Crippen LogP contribution in [0.15, 0.2) is 67.1 Å². The van der Waals surface area contributed by atoms with Crippen LogP contribution in [-0.4, -0.2) is 67.8 Å². The molecule has 3 N–H and O–H groups in total. The van der Waals surface area contributed by atoms with E-state index in [1.165, 1.54) is 25.0 Å². The number of hydrogen-bond donors (Lipinski definition) is 3. The minimum absolute atomic E-state index is 0.377. The number of pyridine rings is 2. The lowest BCUT2D eigenvalue weighted by Gasteiger charge is -2.15. The summed E-state index contributed by atoms with van der Waals surface area (Å²) >= 11 is 0. The number of imidazole rings is 1. The van der Waals surface area contributed by atoms with Gasteiger partial charge in [0.05, 0.1) is 22.4 Å². The SMILES string of the molecule is CC(C)CCNc1cncc(-c2ccc3[nH]nc(-c4nc5c(-c6cc(F)cc(OCCN7CCCC7)c6)nccc5[nH]4)c3c2)c1. The number of fused-ring (bicyclic) bond motifs is 2. The van der Waals surface area contributed by atoms with Gasteiger partial charge < -0.3 is 15.0 Å². The third-order valence-corrected chi connectivity index (χ3v) is 8.33. The molecule has 0 amide bonds. The van der Waals surface area contributed by atoms with Crippen LogP contribution in [0.3, 0.4) is 0 Å². The molecule has 0 unspecified atom stereocenters. The highest BCUT2D eigenvalue weighted by Crippen LogP contribution is 2.34. The number of likely N-dealkylation sites (tertiary alicyclic amines) is 1. The second-order valence-electron chi connectivity index (χ2n) is 12.1. The number of H-pyrrole nitrogens is 2. The Balaban J connectivity index is 1.18. The number of anilines is 1. The fraction of sp³-hybridized carbons (Fsp3) is 0.314. The number of rotatable bonds is 11. The maximum atomic E-state index is 14.8. The van der Waals surface area contributed by atoms with Gasteiger partial charge in [0.1, 0.15) is 29.4 Å². The van der Waals surface area contributed by atoms with Gasteiger partial charge in [0.2, 0.25) is 0 Å². The predicted octanol–water partition coefficient (Wildman–Crippen LogP) is 7.30. The van der Waals surface area contributed by atoms with Gasteiger partial charge in [0.15, 0.2) is 5.82 Å². The van der Waals surface area contributed by atoms with E-state index in [1.54, 1.807) is 6.20 Å². The minimum atomic E-state index is -0.377. The normalized spacial score (nSPS) is 13.8. The molecule has 230 valence electrons. The Labute approximate surface area is 261 Å². The summed E-state index contributed by atoms with van der Waals surface area (Å²) in [5.41, 5.74) is 7.23. The molecule has 5 heterocycles. The summed E-state index contributed by atoms with van der Waals surface area (Å²) in [4.78, 5) is 19.8. The summed E-state index contributed by atoms with van der Waals surface area (Å²) in [6.45, 7) is 8.88. The summed E-state index contributed by atoms with van der Waals surface area (Å²) in [6.07, 6.45) is 8.97. The highest BCUT2D eigenvalue weighted by Gasteiger charge is 2.18. The molecule has 4 aromatic heterocycles. The Morgan fingerprint density at radius 3 is 2.71 bits per heavy atom. The summed E-state index contributed by atoms with van der Waals surface area (Å²) in [5, 5.41) is 12.2. The van der Waals surface area contributed by atoms with Gasteiger partial charge in [-0.2, -0.15) is 5.10 Å². The largest absolute Gasteiger partial charge is 0.492 e. The Morgan fingerprint density at radius 2 is 1.84 bits per heavy atom. The molecule has 0 radical (unpaired) electrons. The zero-order valence-corrected chi connectivity index (χ0v) is 25.6. The number of halogens is 1. The van der Waals surface area contributed by atoms with E-state index in [0.29, 0.717) is 46.6 Å². The van der Waals surface area contributed by atoms with Crippen molar-refractivity contribution in [2.24, 2.45) is 5.92 Å². The molecule has 6 aromatic rings. The van der Waals surface area contributed by atoms with Crippen LogP contribution in [0.2, 0.25) is 0 Å². The number of benzene rings is 2. The topological polar surface area (TPSA) is 108 Å². The molecule has 0 atom stereocenters. The molecule has 0 aliphatic carbocycles. The summed E-state index contributed by atoms with van der Waals surface area (Å²) < 4.78 is 20.7. The molecule has 7 rings (SSSR count). The Morgan fingerprint density at radius 1 is 0.956 bits per heavy atom. The van der Waals surface area contributed by atoms with Crippen LogP contribution in [0.1, 0.15) is 33.1 Å². The highest BCUT2D eigenvalue weighted by atomic mass is 19.1. The average Bonchev–Trinajstić information content (AvgIpc) is 3.80. The summed E-state index contributed by atoms with van der Waals surface area (Å²) in [7, 11) is 0. The van der Waals surface area contributed by atoms with E-state index in [1.807, 2.05) is 30.6 Å². The maximum absolute atomic E-state index is 14.8. The molecule has 0 spiro atoms. The van der Waals surface area contributed by atoms with Crippen LogP contribution in [-0.2, 0) is 0 Å². The van der Waals surface area contributed by atoms with E-state index < -0.39 is 0 Å². The molecule has 1 aliphatic heterocycles. The number of aromatic amines is 2. The van der Waals surface area contributed by atoms with Gasteiger partial charge in [-0.05, 0) is 80.2 Å². The third-order valence-electron chi connectivity index (χ3n) is 8.33. The van der Waals surface area contributed by atoms with Gasteiger partial charge in [0, 0.05) is 54.3 Å². The van der Waals surface area contributed by atoms with E-state index in [2.05, 4.69) is 67.4 Å². The van der Waals surface area contributed by atoms with Crippen LogP contribution in [0.4, 0.5) is 10.1 Å². The summed E-state index contributed by atoms with van der Waals surface area (Å²) in [6, 6.07) is 14.9. The molecule has 9 nitrogen and oxygen atoms in total. The van der Waals surface area contributed by atoms with Crippen molar-refractivity contribution in [1.29, 1.82) is 0 Å². The van der Waals surface area contributed by atoms with Crippen molar-refractivity contribution < 1.29 is 9.13 Å². The second-order valence-corrected chi connectivity index (χ2v) is 12.1. The van der Waals surface area contributed by atoms with Crippen molar-refractivity contribution in [3.63, 3.8) is 0 Å². The zero-order chi connectivity index (χ0) is 30.8. The Hall–Kier alpha value is -4.83. The van der Waals surface area contributed by atoms with Gasteiger partial charge in [-0.1, -0.05) is 19.9 Å². The van der Waals surface area contributed by atoms with Crippen LogP contribution >= 0.6 is 0 Å². The van der Waals surface area contributed by atoms with Crippen molar-refractivity contribution >= 4 is 27.6 Å². The van der Waals surface area contributed by atoms with E-state index in [-0.39, 0.29) is 5.82 Å². The van der Waals surface area contributed by atoms with Gasteiger partial charge in [-0.3, -0.25) is 20.0 Å². The Bertz CT molecular complexity index is 1940. The smallest absolute Gasteiger partial charge is 0.159 e. The first-order chi connectivity index (χ1) is 22.0. The standard InChI is InChI=1S/C35H37FN8O/c1-22(2)7-9-38-27-16-25(20-37-21-27)23-5-6-30-29(18-23)33(43-42-30)35-40-31-8-10-39-32(34(31)41-35)24-15-26(36)19-28(17-24)45-14-13-44-11-3-4-12-44/h5-6,8,10,15-22,38H,3-4,7,9,11-14H2,1-2H3,(H,40,41)(H,42,43). The molecule has 1 aliphatic rings. The van der Waals surface area contributed by atoms with Crippen LogP contribution < -0.4 is 10.1 Å². The first-order valence-electron chi connectivity index (χ1n) is 15.7. The van der Waals surface area contributed by atoms with Crippen molar-refractivity contribution in [3.05, 3.63) is 72.9 Å². The fourth-order valence-electron chi connectivity index (χ4n) is 5.91. The molecule has 10 heteroatoms. The van der Waals surface area contributed by atoms with Crippen molar-refractivity contribution in [2.75, 3.05) is 38.1 Å². The molecule has 45 heavy (non-hydrogen) atoms. The Kier molecular flexibility index (Phi) is 8.13. The zero-order valence-electron chi connectivity index (χ0n) is 25.6. The molecule has 1 saturated heterocycles. The van der Waals surface area contributed by atoms with E-state index in [0.717, 1.165) is 65.8 Å². The maximum Gasteiger partial charge on any atom is 0.159 e. The third kappa shape index (κ3) is 6.37. The molecular weight excluding hydrogens is 567 g/mol. The van der Waals surface area contributed by atoms with E-state index in [9.17, 15) is 4.39 Å². The summed E-state index contributed by atoms with van der Waals surface area (Å²) in [5.74, 6) is 1.34. The molecule has 1 fully saturated rings. The fourth-order valence-corrected chi connectivity index (χ4v) is 5.91. The predicted molar refractivity (Wildman–Crippen MR) is 177 cm³/mol. The van der Waals surface area contributed by atoms with E-state index >= 15 is 0 Å². The molecule has 0 saturated carbocycles. The first-order valence-corrected chi connectivity index (χ1v) is 15.7. The average molecular weight is 605 g/mol. The number of nitrogens with one attached hydrogen (secondary N) is 3. The first kappa shape index (κ1) is 28.9. The highest BCUT2D eigenvalue weighted by molar-refractivity contribution is 5.97.